The molecule has 2 aromatic rings. The average Bonchev–Trinajstić information content (AvgIpc) is 3.11. The van der Waals surface area contributed by atoms with Gasteiger partial charge in [0.15, 0.2) is 0 Å². The van der Waals surface area contributed by atoms with Gasteiger partial charge in [-0.1, -0.05) is 0 Å². The van der Waals surface area contributed by atoms with Crippen LogP contribution in [-0.2, 0) is 0 Å². The Morgan fingerprint density at radius 3 is 2.76 bits per heavy atom. The molecule has 0 aliphatic carbocycles. The molecular formula is C17H22FN5O2. The average molecular weight is 347 g/mol. The van der Waals surface area contributed by atoms with Crippen LogP contribution < -0.4 is 15.4 Å². The molecule has 0 spiro atoms. The van der Waals surface area contributed by atoms with Gasteiger partial charge >= 0.3 is 6.03 Å². The molecule has 7 nitrogen and oxygen atoms in total. The lowest BCUT2D eigenvalue weighted by atomic mass is 10.1. The molecule has 3 N–H and O–H groups in total. The predicted octanol–water partition coefficient (Wildman–Crippen LogP) is 2.21. The maximum atomic E-state index is 12.8. The van der Waals surface area contributed by atoms with Crippen LogP contribution in [0.2, 0.25) is 0 Å². The Morgan fingerprint density at radius 2 is 2.08 bits per heavy atom. The molecule has 2 amide bonds. The summed E-state index contributed by atoms with van der Waals surface area (Å²) in [5, 5.41) is 12.1. The third-order valence-corrected chi connectivity index (χ3v) is 4.17. The first-order chi connectivity index (χ1) is 12.2. The smallest absolute Gasteiger partial charge is 0.319 e. The zero-order chi connectivity index (χ0) is 17.5. The van der Waals surface area contributed by atoms with Gasteiger partial charge in [-0.15, -0.1) is 0 Å². The Kier molecular flexibility index (Phi) is 5.84. The highest BCUT2D eigenvalue weighted by Gasteiger charge is 2.20. The topological polar surface area (TPSA) is 82.3 Å². The predicted molar refractivity (Wildman–Crippen MR) is 92.1 cm³/mol. The van der Waals surface area contributed by atoms with E-state index in [9.17, 15) is 9.18 Å². The lowest BCUT2D eigenvalue weighted by molar-refractivity contribution is 0.165. The SMILES string of the molecule is O=C(Nc1cn[nH]c1)NC1CCN(CCOc2ccc(F)cc2)CC1. The van der Waals surface area contributed by atoms with Crippen molar-refractivity contribution in [3.63, 3.8) is 0 Å². The fourth-order valence-electron chi connectivity index (χ4n) is 2.80. The Labute approximate surface area is 145 Å². The van der Waals surface area contributed by atoms with Gasteiger partial charge < -0.3 is 15.4 Å². The lowest BCUT2D eigenvalue weighted by Gasteiger charge is -2.32. The van der Waals surface area contributed by atoms with Crippen LogP contribution in [0.3, 0.4) is 0 Å². The van der Waals surface area contributed by atoms with E-state index in [1.54, 1.807) is 24.5 Å². The minimum atomic E-state index is -0.265. The number of nitrogens with one attached hydrogen (secondary N) is 3. The zero-order valence-electron chi connectivity index (χ0n) is 13.9. The second-order valence-electron chi connectivity index (χ2n) is 6.00. The Balaban J connectivity index is 1.31. The number of benzene rings is 1. The van der Waals surface area contributed by atoms with Gasteiger partial charge in [0.2, 0.25) is 0 Å². The van der Waals surface area contributed by atoms with Crippen LogP contribution in [0.15, 0.2) is 36.7 Å². The number of aromatic amines is 1. The molecule has 1 aromatic heterocycles. The highest BCUT2D eigenvalue weighted by molar-refractivity contribution is 5.89. The van der Waals surface area contributed by atoms with Gasteiger partial charge in [0.25, 0.3) is 0 Å². The molecule has 1 aromatic carbocycles. The maximum absolute atomic E-state index is 12.8. The first-order valence-electron chi connectivity index (χ1n) is 8.36. The van der Waals surface area contributed by atoms with Crippen LogP contribution in [0.4, 0.5) is 14.9 Å². The summed E-state index contributed by atoms with van der Waals surface area (Å²) in [6.07, 6.45) is 4.98. The number of piperidine rings is 1. The summed E-state index contributed by atoms with van der Waals surface area (Å²) in [5.74, 6) is 0.410. The number of H-pyrrole nitrogens is 1. The van der Waals surface area contributed by atoms with E-state index in [0.717, 1.165) is 32.5 Å². The molecule has 1 saturated heterocycles. The van der Waals surface area contributed by atoms with Crippen molar-refractivity contribution in [3.8, 4) is 5.75 Å². The molecule has 0 radical (unpaired) electrons. The minimum absolute atomic E-state index is 0.168. The molecule has 1 fully saturated rings. The van der Waals surface area contributed by atoms with Crippen molar-refractivity contribution < 1.29 is 13.9 Å². The molecule has 0 atom stereocenters. The van der Waals surface area contributed by atoms with E-state index in [-0.39, 0.29) is 17.9 Å². The Bertz CT molecular complexity index is 654. The van der Waals surface area contributed by atoms with E-state index in [2.05, 4.69) is 25.7 Å². The first-order valence-corrected chi connectivity index (χ1v) is 8.36. The lowest BCUT2D eigenvalue weighted by Crippen LogP contribution is -2.46. The molecule has 0 unspecified atom stereocenters. The van der Waals surface area contributed by atoms with Gasteiger partial charge in [-0.05, 0) is 37.1 Å². The third-order valence-electron chi connectivity index (χ3n) is 4.17. The van der Waals surface area contributed by atoms with Crippen molar-refractivity contribution in [3.05, 3.63) is 42.5 Å². The van der Waals surface area contributed by atoms with Crippen LogP contribution in [-0.4, -0.2) is 53.4 Å². The number of urea groups is 1. The quantitative estimate of drug-likeness (QED) is 0.748. The number of carbonyl (C=O) groups is 1. The summed E-state index contributed by atoms with van der Waals surface area (Å²) in [4.78, 5) is 14.2. The van der Waals surface area contributed by atoms with Crippen LogP contribution in [0, 0.1) is 5.82 Å². The van der Waals surface area contributed by atoms with Crippen molar-refractivity contribution >= 4 is 11.7 Å². The number of amides is 2. The van der Waals surface area contributed by atoms with E-state index in [4.69, 9.17) is 4.74 Å². The molecule has 3 rings (SSSR count). The Morgan fingerprint density at radius 1 is 1.32 bits per heavy atom. The van der Waals surface area contributed by atoms with E-state index >= 15 is 0 Å². The first kappa shape index (κ1) is 17.2. The number of rotatable bonds is 6. The normalized spacial score (nSPS) is 15.7. The van der Waals surface area contributed by atoms with E-state index in [1.807, 2.05) is 0 Å². The molecule has 134 valence electrons. The van der Waals surface area contributed by atoms with E-state index in [0.29, 0.717) is 18.0 Å². The second kappa shape index (κ2) is 8.48. The van der Waals surface area contributed by atoms with Crippen LogP contribution in [0.5, 0.6) is 5.75 Å². The maximum Gasteiger partial charge on any atom is 0.319 e. The fraction of sp³-hybridized carbons (Fsp3) is 0.412. The molecule has 1 aliphatic rings. The number of anilines is 1. The van der Waals surface area contributed by atoms with Gasteiger partial charge in [-0.3, -0.25) is 10.00 Å². The number of aromatic nitrogens is 2. The van der Waals surface area contributed by atoms with Gasteiger partial charge in [0, 0.05) is 31.9 Å². The van der Waals surface area contributed by atoms with Crippen LogP contribution in [0.25, 0.3) is 0 Å². The van der Waals surface area contributed by atoms with Crippen LogP contribution >= 0.6 is 0 Å². The monoisotopic (exact) mass is 347 g/mol. The van der Waals surface area contributed by atoms with E-state index in [1.165, 1.54) is 12.1 Å². The Hall–Kier alpha value is -2.61. The van der Waals surface area contributed by atoms with Gasteiger partial charge in [-0.25, -0.2) is 9.18 Å². The number of nitrogens with zero attached hydrogens (tertiary/aromatic N) is 2. The molecule has 0 bridgehead atoms. The van der Waals surface area contributed by atoms with Gasteiger partial charge in [-0.2, -0.15) is 5.10 Å². The molecule has 25 heavy (non-hydrogen) atoms. The van der Waals surface area contributed by atoms with Crippen LogP contribution in [0.1, 0.15) is 12.8 Å². The standard InChI is InChI=1S/C17H22FN5O2/c18-13-1-3-16(4-2-13)25-10-9-23-7-5-14(6-8-23)21-17(24)22-15-11-19-20-12-15/h1-4,11-12,14H,5-10H2,(H,19,20)(H2,21,22,24). The number of likely N-dealkylation sites (tertiary alicyclic amines) is 1. The zero-order valence-corrected chi connectivity index (χ0v) is 13.9. The molecule has 1 aliphatic heterocycles. The van der Waals surface area contributed by atoms with E-state index < -0.39 is 0 Å². The molecule has 2 heterocycles. The second-order valence-corrected chi connectivity index (χ2v) is 6.00. The summed E-state index contributed by atoms with van der Waals surface area (Å²) in [6, 6.07) is 6.00. The minimum Gasteiger partial charge on any atom is -0.492 e. The fourth-order valence-corrected chi connectivity index (χ4v) is 2.80. The van der Waals surface area contributed by atoms with Gasteiger partial charge in [0.1, 0.15) is 18.2 Å². The number of ether oxygens (including phenoxy) is 1. The summed E-state index contributed by atoms with van der Waals surface area (Å²) >= 11 is 0. The van der Waals surface area contributed by atoms with Crippen molar-refractivity contribution in [2.24, 2.45) is 0 Å². The van der Waals surface area contributed by atoms with Crippen molar-refractivity contribution in [1.29, 1.82) is 0 Å². The largest absolute Gasteiger partial charge is 0.492 e. The van der Waals surface area contributed by atoms with Crippen molar-refractivity contribution in [2.45, 2.75) is 18.9 Å². The summed E-state index contributed by atoms with van der Waals surface area (Å²) in [5.41, 5.74) is 0.646. The highest BCUT2D eigenvalue weighted by Crippen LogP contribution is 2.13. The molecular weight excluding hydrogens is 325 g/mol. The highest BCUT2D eigenvalue weighted by atomic mass is 19.1. The molecule has 8 heteroatoms. The summed E-state index contributed by atoms with van der Waals surface area (Å²) in [7, 11) is 0. The number of halogens is 1. The number of carbonyl (C=O) groups excluding carboxylic acids is 1. The summed E-state index contributed by atoms with van der Waals surface area (Å²) < 4.78 is 18.4. The van der Waals surface area contributed by atoms with Crippen molar-refractivity contribution in [1.82, 2.24) is 20.4 Å². The van der Waals surface area contributed by atoms with Gasteiger partial charge in [0.05, 0.1) is 11.9 Å². The molecule has 0 saturated carbocycles. The van der Waals surface area contributed by atoms with Crippen molar-refractivity contribution in [2.75, 3.05) is 31.6 Å². The third kappa shape index (κ3) is 5.46. The number of hydrogen-bond acceptors (Lipinski definition) is 4. The summed E-state index contributed by atoms with van der Waals surface area (Å²) in [6.45, 7) is 3.18. The number of hydrogen-bond donors (Lipinski definition) is 3.